The van der Waals surface area contributed by atoms with Crippen LogP contribution in [0, 0.1) is 0 Å². The zero-order valence-electron chi connectivity index (χ0n) is 10.8. The number of carbonyl (C=O) groups is 1. The number of oxazole rings is 1. The van der Waals surface area contributed by atoms with Gasteiger partial charge in [-0.15, -0.1) is 0 Å². The standard InChI is InChI=1S/C15H12N2O3/c1-17-12-8-7-10(9-13(12)20-15(17)19)14(18)16-11-5-3-2-4-6-11/h2-9H,1H3,(H,16,18). The molecule has 0 spiro atoms. The van der Waals surface area contributed by atoms with E-state index >= 15 is 0 Å². The summed E-state index contributed by atoms with van der Waals surface area (Å²) in [7, 11) is 1.62. The van der Waals surface area contributed by atoms with Gasteiger partial charge in [-0.2, -0.15) is 0 Å². The van der Waals surface area contributed by atoms with Gasteiger partial charge in [0.2, 0.25) is 0 Å². The van der Waals surface area contributed by atoms with Gasteiger partial charge in [-0.1, -0.05) is 18.2 Å². The molecule has 0 aliphatic rings. The number of hydrogen-bond donors (Lipinski definition) is 1. The van der Waals surface area contributed by atoms with Crippen LogP contribution in [0.15, 0.2) is 57.7 Å². The summed E-state index contributed by atoms with van der Waals surface area (Å²) in [4.78, 5) is 23.5. The molecule has 0 aliphatic heterocycles. The highest BCUT2D eigenvalue weighted by molar-refractivity contribution is 6.05. The molecule has 5 heteroatoms. The van der Waals surface area contributed by atoms with Gasteiger partial charge >= 0.3 is 5.76 Å². The minimum absolute atomic E-state index is 0.246. The molecular formula is C15H12N2O3. The Bertz CT molecular complexity index is 831. The molecule has 5 nitrogen and oxygen atoms in total. The molecule has 0 saturated heterocycles. The number of para-hydroxylation sites is 1. The number of hydrogen-bond acceptors (Lipinski definition) is 3. The molecule has 0 saturated carbocycles. The van der Waals surface area contributed by atoms with Gasteiger partial charge in [0.05, 0.1) is 5.52 Å². The van der Waals surface area contributed by atoms with Crippen molar-refractivity contribution in [2.75, 3.05) is 5.32 Å². The van der Waals surface area contributed by atoms with E-state index in [2.05, 4.69) is 5.32 Å². The van der Waals surface area contributed by atoms with Crippen LogP contribution < -0.4 is 11.1 Å². The second-order valence-electron chi connectivity index (χ2n) is 4.43. The predicted octanol–water partition coefficient (Wildman–Crippen LogP) is 2.38. The van der Waals surface area contributed by atoms with Crippen molar-refractivity contribution in [1.82, 2.24) is 4.57 Å². The minimum Gasteiger partial charge on any atom is -0.408 e. The lowest BCUT2D eigenvalue weighted by Gasteiger charge is -2.04. The van der Waals surface area contributed by atoms with Gasteiger partial charge in [-0.25, -0.2) is 4.79 Å². The lowest BCUT2D eigenvalue weighted by Crippen LogP contribution is -2.11. The van der Waals surface area contributed by atoms with E-state index in [1.165, 1.54) is 4.57 Å². The molecule has 20 heavy (non-hydrogen) atoms. The van der Waals surface area contributed by atoms with Crippen LogP contribution in [0.5, 0.6) is 0 Å². The van der Waals surface area contributed by atoms with E-state index in [0.29, 0.717) is 22.4 Å². The van der Waals surface area contributed by atoms with Gasteiger partial charge in [-0.3, -0.25) is 9.36 Å². The first-order valence-electron chi connectivity index (χ1n) is 6.11. The first-order valence-corrected chi connectivity index (χ1v) is 6.11. The van der Waals surface area contributed by atoms with Crippen LogP contribution in [0.3, 0.4) is 0 Å². The Labute approximate surface area is 114 Å². The summed E-state index contributed by atoms with van der Waals surface area (Å²) < 4.78 is 6.46. The summed E-state index contributed by atoms with van der Waals surface area (Å²) in [5, 5.41) is 2.78. The Balaban J connectivity index is 1.94. The van der Waals surface area contributed by atoms with E-state index in [4.69, 9.17) is 4.42 Å². The summed E-state index contributed by atoms with van der Waals surface area (Å²) in [6.07, 6.45) is 0. The number of aryl methyl sites for hydroxylation is 1. The van der Waals surface area contributed by atoms with Crippen LogP contribution in [-0.2, 0) is 7.05 Å². The van der Waals surface area contributed by atoms with Crippen molar-refractivity contribution in [2.24, 2.45) is 7.05 Å². The topological polar surface area (TPSA) is 64.2 Å². The van der Waals surface area contributed by atoms with Gasteiger partial charge in [0.15, 0.2) is 5.58 Å². The van der Waals surface area contributed by atoms with Gasteiger partial charge < -0.3 is 9.73 Å². The van der Waals surface area contributed by atoms with E-state index in [-0.39, 0.29) is 5.91 Å². The summed E-state index contributed by atoms with van der Waals surface area (Å²) in [6, 6.07) is 14.1. The third kappa shape index (κ3) is 2.09. The normalized spacial score (nSPS) is 10.7. The Kier molecular flexibility index (Phi) is 2.87. The van der Waals surface area contributed by atoms with Gasteiger partial charge in [-0.05, 0) is 30.3 Å². The van der Waals surface area contributed by atoms with Crippen molar-refractivity contribution >= 4 is 22.7 Å². The number of amides is 1. The summed E-state index contributed by atoms with van der Waals surface area (Å²) in [6.45, 7) is 0. The third-order valence-corrected chi connectivity index (χ3v) is 3.09. The number of nitrogens with zero attached hydrogens (tertiary/aromatic N) is 1. The molecule has 0 aliphatic carbocycles. The van der Waals surface area contributed by atoms with Crippen LogP contribution in [0.4, 0.5) is 5.69 Å². The second-order valence-corrected chi connectivity index (χ2v) is 4.43. The molecule has 0 bridgehead atoms. The number of rotatable bonds is 2. The predicted molar refractivity (Wildman–Crippen MR) is 75.9 cm³/mol. The molecule has 3 rings (SSSR count). The number of fused-ring (bicyclic) bond motifs is 1. The zero-order valence-corrected chi connectivity index (χ0v) is 10.8. The fourth-order valence-electron chi connectivity index (χ4n) is 2.00. The average molecular weight is 268 g/mol. The highest BCUT2D eigenvalue weighted by Crippen LogP contribution is 2.15. The molecule has 0 unspecified atom stereocenters. The Hall–Kier alpha value is -2.82. The number of carbonyl (C=O) groups excluding carboxylic acids is 1. The van der Waals surface area contributed by atoms with Crippen LogP contribution in [0.1, 0.15) is 10.4 Å². The van der Waals surface area contributed by atoms with E-state index in [9.17, 15) is 9.59 Å². The summed E-state index contributed by atoms with van der Waals surface area (Å²) in [5.41, 5.74) is 2.22. The lowest BCUT2D eigenvalue weighted by molar-refractivity contribution is 0.102. The number of aromatic nitrogens is 1. The Morgan fingerprint density at radius 3 is 2.65 bits per heavy atom. The zero-order chi connectivity index (χ0) is 14.1. The largest absolute Gasteiger partial charge is 0.419 e. The van der Waals surface area contributed by atoms with Crippen molar-refractivity contribution in [3.63, 3.8) is 0 Å². The second kappa shape index (κ2) is 4.70. The number of nitrogens with one attached hydrogen (secondary N) is 1. The van der Waals surface area contributed by atoms with Crippen LogP contribution in [-0.4, -0.2) is 10.5 Å². The molecule has 3 aromatic rings. The van der Waals surface area contributed by atoms with Crippen molar-refractivity contribution in [2.45, 2.75) is 0 Å². The van der Waals surface area contributed by atoms with E-state index in [1.807, 2.05) is 18.2 Å². The molecule has 1 heterocycles. The molecule has 1 N–H and O–H groups in total. The average Bonchev–Trinajstić information content (AvgIpc) is 2.74. The maximum atomic E-state index is 12.1. The third-order valence-electron chi connectivity index (χ3n) is 3.09. The van der Waals surface area contributed by atoms with Crippen LogP contribution in [0.2, 0.25) is 0 Å². The van der Waals surface area contributed by atoms with Crippen LogP contribution >= 0.6 is 0 Å². The minimum atomic E-state index is -0.444. The molecular weight excluding hydrogens is 256 g/mol. The maximum Gasteiger partial charge on any atom is 0.419 e. The number of benzene rings is 2. The van der Waals surface area contributed by atoms with Crippen molar-refractivity contribution in [3.05, 3.63) is 64.6 Å². The van der Waals surface area contributed by atoms with Gasteiger partial charge in [0.1, 0.15) is 0 Å². The maximum absolute atomic E-state index is 12.1. The van der Waals surface area contributed by atoms with E-state index in [0.717, 1.165) is 0 Å². The molecule has 0 fully saturated rings. The first-order chi connectivity index (χ1) is 9.65. The van der Waals surface area contributed by atoms with Gasteiger partial charge in [0.25, 0.3) is 5.91 Å². The Morgan fingerprint density at radius 1 is 1.15 bits per heavy atom. The molecule has 100 valence electrons. The van der Waals surface area contributed by atoms with Crippen molar-refractivity contribution in [1.29, 1.82) is 0 Å². The van der Waals surface area contributed by atoms with Crippen molar-refractivity contribution in [3.8, 4) is 0 Å². The van der Waals surface area contributed by atoms with E-state index in [1.54, 1.807) is 37.4 Å². The van der Waals surface area contributed by atoms with E-state index < -0.39 is 5.76 Å². The fraction of sp³-hybridized carbons (Fsp3) is 0.0667. The Morgan fingerprint density at radius 2 is 1.90 bits per heavy atom. The molecule has 1 amide bonds. The quantitative estimate of drug-likeness (QED) is 0.776. The van der Waals surface area contributed by atoms with Gasteiger partial charge in [0, 0.05) is 18.3 Å². The monoisotopic (exact) mass is 268 g/mol. The van der Waals surface area contributed by atoms with Crippen LogP contribution in [0.25, 0.3) is 11.1 Å². The lowest BCUT2D eigenvalue weighted by atomic mass is 10.2. The highest BCUT2D eigenvalue weighted by Gasteiger charge is 2.11. The summed E-state index contributed by atoms with van der Waals surface area (Å²) in [5.74, 6) is -0.690. The SMILES string of the molecule is Cn1c(=O)oc2cc(C(=O)Nc3ccccc3)ccc21. The number of anilines is 1. The fourth-order valence-corrected chi connectivity index (χ4v) is 2.00. The highest BCUT2D eigenvalue weighted by atomic mass is 16.4. The molecule has 0 radical (unpaired) electrons. The molecule has 1 aromatic heterocycles. The first kappa shape index (κ1) is 12.2. The van der Waals surface area contributed by atoms with Crippen molar-refractivity contribution < 1.29 is 9.21 Å². The smallest absolute Gasteiger partial charge is 0.408 e. The molecule has 2 aromatic carbocycles. The molecule has 0 atom stereocenters. The summed E-state index contributed by atoms with van der Waals surface area (Å²) >= 11 is 0.